The molecule has 0 rings (SSSR count). The van der Waals surface area contributed by atoms with Gasteiger partial charge in [-0.25, -0.2) is 4.79 Å². The summed E-state index contributed by atoms with van der Waals surface area (Å²) in [5.41, 5.74) is -2.55. The number of ether oxygens (including phenoxy) is 2. The van der Waals surface area contributed by atoms with E-state index in [1.165, 1.54) is 0 Å². The Bertz CT molecular complexity index is 773. The molecule has 0 aromatic rings. The van der Waals surface area contributed by atoms with Crippen LogP contribution in [0.4, 0.5) is 35.1 Å². The molecule has 1 atom stereocenters. The maximum Gasteiger partial charge on any atom is 0.466 e. The SMILES string of the molecule is C=C(C(=O)OC(OCC(F)(F)S(=O)(=O)O)(C(=O)N(CC)CC)C(F)(F)F)C(F)(F)F. The van der Waals surface area contributed by atoms with Gasteiger partial charge in [-0.05, 0) is 13.8 Å². The minimum atomic E-state index is -6.38. The Kier molecular flexibility index (Phi) is 8.40. The Labute approximate surface area is 164 Å². The molecule has 0 aromatic carbocycles. The van der Waals surface area contributed by atoms with Gasteiger partial charge in [0.15, 0.2) is 0 Å². The van der Waals surface area contributed by atoms with Gasteiger partial charge in [-0.3, -0.25) is 9.35 Å². The Morgan fingerprint density at radius 2 is 1.43 bits per heavy atom. The van der Waals surface area contributed by atoms with E-state index in [0.29, 0.717) is 0 Å². The van der Waals surface area contributed by atoms with Crippen molar-refractivity contribution in [3.8, 4) is 0 Å². The number of carbonyl (C=O) groups excluding carboxylic acids is 2. The predicted molar refractivity (Wildman–Crippen MR) is 80.4 cm³/mol. The van der Waals surface area contributed by atoms with Crippen molar-refractivity contribution in [2.75, 3.05) is 19.7 Å². The van der Waals surface area contributed by atoms with Crippen molar-refractivity contribution in [3.05, 3.63) is 12.2 Å². The molecule has 176 valence electrons. The summed E-state index contributed by atoms with van der Waals surface area (Å²) in [6, 6.07) is 0. The van der Waals surface area contributed by atoms with Crippen LogP contribution in [0.1, 0.15) is 13.8 Å². The lowest BCUT2D eigenvalue weighted by atomic mass is 10.2. The average molecular weight is 481 g/mol. The van der Waals surface area contributed by atoms with E-state index in [4.69, 9.17) is 4.55 Å². The summed E-state index contributed by atoms with van der Waals surface area (Å²) in [5, 5.41) is -5.46. The van der Waals surface area contributed by atoms with Gasteiger partial charge in [0, 0.05) is 13.1 Å². The smallest absolute Gasteiger partial charge is 0.412 e. The molecule has 1 N–H and O–H groups in total. The van der Waals surface area contributed by atoms with E-state index in [9.17, 15) is 53.1 Å². The van der Waals surface area contributed by atoms with Gasteiger partial charge < -0.3 is 14.4 Å². The first-order chi connectivity index (χ1) is 13.2. The number of alkyl halides is 8. The van der Waals surface area contributed by atoms with Crippen molar-refractivity contribution >= 4 is 22.0 Å². The highest BCUT2D eigenvalue weighted by atomic mass is 32.2. The van der Waals surface area contributed by atoms with Crippen LogP contribution < -0.4 is 0 Å². The van der Waals surface area contributed by atoms with E-state index in [0.717, 1.165) is 13.8 Å². The van der Waals surface area contributed by atoms with Crippen LogP contribution in [-0.4, -0.2) is 72.8 Å². The maximum absolute atomic E-state index is 13.6. The molecule has 8 nitrogen and oxygen atoms in total. The monoisotopic (exact) mass is 481 g/mol. The van der Waals surface area contributed by atoms with Gasteiger partial charge in [0.1, 0.15) is 12.2 Å². The van der Waals surface area contributed by atoms with E-state index in [1.54, 1.807) is 0 Å². The summed E-state index contributed by atoms with van der Waals surface area (Å²) < 4.78 is 142. The molecule has 0 spiro atoms. The van der Waals surface area contributed by atoms with Crippen LogP contribution in [0, 0.1) is 0 Å². The minimum absolute atomic E-state index is 0.197. The summed E-state index contributed by atoms with van der Waals surface area (Å²) in [6.07, 6.45) is -11.9. The molecule has 0 heterocycles. The molecule has 1 amide bonds. The average Bonchev–Trinajstić information content (AvgIpc) is 2.55. The quantitative estimate of drug-likeness (QED) is 0.177. The molecule has 0 fully saturated rings. The van der Waals surface area contributed by atoms with Crippen LogP contribution in [0.2, 0.25) is 0 Å². The molecule has 0 bridgehead atoms. The fourth-order valence-electron chi connectivity index (χ4n) is 1.68. The third kappa shape index (κ3) is 6.00. The number of carbonyl (C=O) groups is 2. The summed E-state index contributed by atoms with van der Waals surface area (Å²) in [5.74, 6) is -10.5. The Morgan fingerprint density at radius 1 is 1.00 bits per heavy atom. The highest BCUT2D eigenvalue weighted by Gasteiger charge is 2.69. The zero-order valence-electron chi connectivity index (χ0n) is 15.1. The second kappa shape index (κ2) is 9.01. The number of amides is 1. The van der Waals surface area contributed by atoms with Gasteiger partial charge >= 0.3 is 45.4 Å². The number of esters is 1. The first-order valence-electron chi connectivity index (χ1n) is 7.52. The highest BCUT2D eigenvalue weighted by molar-refractivity contribution is 7.86. The van der Waals surface area contributed by atoms with Crippen LogP contribution in [-0.2, 0) is 29.2 Å². The molecule has 0 aromatic heterocycles. The van der Waals surface area contributed by atoms with Crippen LogP contribution in [0.15, 0.2) is 12.2 Å². The summed E-state index contributed by atoms with van der Waals surface area (Å²) in [6.45, 7) is 0.230. The van der Waals surface area contributed by atoms with Crippen molar-refractivity contribution < 1.29 is 67.2 Å². The molecule has 0 aliphatic rings. The number of likely N-dealkylation sites (N-methyl/N-ethyl adjacent to an activating group) is 1. The molecule has 17 heteroatoms. The molecule has 0 radical (unpaired) electrons. The molecular weight excluding hydrogens is 466 g/mol. The highest BCUT2D eigenvalue weighted by Crippen LogP contribution is 2.40. The Morgan fingerprint density at radius 3 is 1.73 bits per heavy atom. The molecule has 30 heavy (non-hydrogen) atoms. The second-order valence-corrected chi connectivity index (χ2v) is 6.91. The van der Waals surface area contributed by atoms with Crippen molar-refractivity contribution in [2.45, 2.75) is 37.2 Å². The van der Waals surface area contributed by atoms with Gasteiger partial charge in [-0.1, -0.05) is 6.58 Å². The Hall–Kier alpha value is -2.01. The number of rotatable bonds is 9. The van der Waals surface area contributed by atoms with Gasteiger partial charge in [-0.2, -0.15) is 43.5 Å². The lowest BCUT2D eigenvalue weighted by Crippen LogP contribution is -2.63. The van der Waals surface area contributed by atoms with Crippen molar-refractivity contribution in [3.63, 3.8) is 0 Å². The molecule has 0 aliphatic carbocycles. The normalized spacial score (nSPS) is 15.3. The molecule has 0 aliphatic heterocycles. The molecule has 0 saturated heterocycles. The molecule has 0 saturated carbocycles. The van der Waals surface area contributed by atoms with E-state index in [2.05, 4.69) is 16.1 Å². The van der Waals surface area contributed by atoms with Crippen LogP contribution in [0.25, 0.3) is 0 Å². The molecular formula is C13H15F8NO7S. The topological polar surface area (TPSA) is 110 Å². The zero-order valence-corrected chi connectivity index (χ0v) is 15.9. The minimum Gasteiger partial charge on any atom is -0.412 e. The van der Waals surface area contributed by atoms with Crippen molar-refractivity contribution in [1.29, 1.82) is 0 Å². The van der Waals surface area contributed by atoms with Gasteiger partial charge in [0.25, 0.3) is 0 Å². The lowest BCUT2D eigenvalue weighted by Gasteiger charge is -2.37. The third-order valence-electron chi connectivity index (χ3n) is 3.35. The summed E-state index contributed by atoms with van der Waals surface area (Å²) in [4.78, 5) is 24.0. The van der Waals surface area contributed by atoms with Crippen LogP contribution in [0.3, 0.4) is 0 Å². The fourth-order valence-corrected chi connectivity index (χ4v) is 1.89. The van der Waals surface area contributed by atoms with E-state index in [1.807, 2.05) is 0 Å². The molecule has 1 unspecified atom stereocenters. The summed E-state index contributed by atoms with van der Waals surface area (Å²) in [7, 11) is -6.38. The van der Waals surface area contributed by atoms with Crippen LogP contribution >= 0.6 is 0 Å². The predicted octanol–water partition coefficient (Wildman–Crippen LogP) is 2.27. The standard InChI is InChI=1S/C13H15F8NO7S/c1-4-22(5-2)9(24)11(13(19,20)21,28-6-10(14,15)30(25,26)27)29-8(23)7(3)12(16,17)18/h3-6H2,1-2H3,(H,25,26,27). The fraction of sp³-hybridized carbons (Fsp3) is 0.692. The largest absolute Gasteiger partial charge is 0.466 e. The number of hydrogen-bond acceptors (Lipinski definition) is 6. The van der Waals surface area contributed by atoms with Crippen LogP contribution in [0.5, 0.6) is 0 Å². The van der Waals surface area contributed by atoms with E-state index < -0.39 is 70.7 Å². The van der Waals surface area contributed by atoms with Crippen molar-refractivity contribution in [2.24, 2.45) is 0 Å². The summed E-state index contributed by atoms with van der Waals surface area (Å²) >= 11 is 0. The van der Waals surface area contributed by atoms with E-state index in [-0.39, 0.29) is 4.90 Å². The maximum atomic E-state index is 13.6. The van der Waals surface area contributed by atoms with Gasteiger partial charge in [-0.15, -0.1) is 0 Å². The second-order valence-electron chi connectivity index (χ2n) is 5.36. The number of hydrogen-bond donors (Lipinski definition) is 1. The number of halogens is 8. The zero-order chi connectivity index (χ0) is 24.3. The van der Waals surface area contributed by atoms with Gasteiger partial charge in [0.05, 0.1) is 0 Å². The van der Waals surface area contributed by atoms with E-state index >= 15 is 0 Å². The first kappa shape index (κ1) is 28.0. The van der Waals surface area contributed by atoms with Crippen molar-refractivity contribution in [1.82, 2.24) is 4.90 Å². The lowest BCUT2D eigenvalue weighted by molar-refractivity contribution is -0.356. The first-order valence-corrected chi connectivity index (χ1v) is 8.96. The van der Waals surface area contributed by atoms with Gasteiger partial charge in [0.2, 0.25) is 0 Å². The third-order valence-corrected chi connectivity index (χ3v) is 4.22. The number of nitrogens with zero attached hydrogens (tertiary/aromatic N) is 1. The Balaban J connectivity index is 6.53.